The van der Waals surface area contributed by atoms with Crippen LogP contribution in [0.15, 0.2) is 24.3 Å². The van der Waals surface area contributed by atoms with Crippen molar-refractivity contribution in [3.8, 4) is 5.75 Å². The highest BCUT2D eigenvalue weighted by atomic mass is 16.5. The Labute approximate surface area is 143 Å². The third-order valence-corrected chi connectivity index (χ3v) is 4.74. The third kappa shape index (κ3) is 2.74. The van der Waals surface area contributed by atoms with Crippen molar-refractivity contribution < 1.29 is 34.8 Å². The molecular formula is C16H20N2O7. The van der Waals surface area contributed by atoms with Crippen LogP contribution in [0.1, 0.15) is 5.56 Å². The number of fused-ring (bicyclic) bond motifs is 1. The maximum Gasteiger partial charge on any atom is 0.314 e. The molecule has 1 aromatic carbocycles. The van der Waals surface area contributed by atoms with Gasteiger partial charge in [0.25, 0.3) is 0 Å². The monoisotopic (exact) mass is 352 g/mol. The van der Waals surface area contributed by atoms with E-state index in [9.17, 15) is 30.0 Å². The summed E-state index contributed by atoms with van der Waals surface area (Å²) < 4.78 is 5.06. The van der Waals surface area contributed by atoms with Crippen molar-refractivity contribution in [2.24, 2.45) is 0 Å². The predicted molar refractivity (Wildman–Crippen MR) is 83.1 cm³/mol. The van der Waals surface area contributed by atoms with Crippen LogP contribution in [0, 0.1) is 0 Å². The second-order valence-electron chi connectivity index (χ2n) is 6.13. The number of carbonyl (C=O) groups is 2. The molecule has 0 radical (unpaired) electrons. The molecule has 2 amide bonds. The highest BCUT2D eigenvalue weighted by Gasteiger charge is 2.58. The molecule has 0 bridgehead atoms. The number of rotatable bonds is 4. The molecule has 9 heteroatoms. The standard InChI is InChI=1S/C16H20N2O7/c1-25-9-4-2-8(3-5-9)6-17-14-13(22)12(21)11(20)10(7-19)18(14)16(24)15(17)23/h2-5,10-14,19-22H,6-7H2,1H3/t10-,11-,12+,13+,14?/m1/s1. The molecule has 1 aromatic rings. The number of amides is 2. The first kappa shape index (κ1) is 17.6. The number of methoxy groups -OCH3 is 1. The Morgan fingerprint density at radius 1 is 1.00 bits per heavy atom. The minimum atomic E-state index is -1.59. The topological polar surface area (TPSA) is 131 Å². The molecule has 2 saturated heterocycles. The maximum absolute atomic E-state index is 12.4. The Morgan fingerprint density at radius 3 is 2.20 bits per heavy atom. The maximum atomic E-state index is 12.4. The number of benzene rings is 1. The predicted octanol–water partition coefficient (Wildman–Crippen LogP) is -2.35. The highest BCUT2D eigenvalue weighted by molar-refractivity contribution is 6.37. The van der Waals surface area contributed by atoms with Crippen molar-refractivity contribution in [2.75, 3.05) is 13.7 Å². The second-order valence-corrected chi connectivity index (χ2v) is 6.13. The average molecular weight is 352 g/mol. The van der Waals surface area contributed by atoms with Gasteiger partial charge in [0.05, 0.1) is 19.8 Å². The summed E-state index contributed by atoms with van der Waals surface area (Å²) in [5, 5.41) is 39.8. The molecule has 0 saturated carbocycles. The first-order valence-electron chi connectivity index (χ1n) is 7.82. The molecule has 2 heterocycles. The molecule has 0 spiro atoms. The summed E-state index contributed by atoms with van der Waals surface area (Å²) in [5.74, 6) is -1.16. The van der Waals surface area contributed by atoms with Gasteiger partial charge < -0.3 is 35.0 Å². The lowest BCUT2D eigenvalue weighted by Crippen LogP contribution is -2.68. The van der Waals surface area contributed by atoms with Crippen molar-refractivity contribution >= 4 is 11.8 Å². The number of ether oxygens (including phenoxy) is 1. The largest absolute Gasteiger partial charge is 0.497 e. The minimum absolute atomic E-state index is 0.0216. The smallest absolute Gasteiger partial charge is 0.314 e. The van der Waals surface area contributed by atoms with Crippen LogP contribution in [0.25, 0.3) is 0 Å². The molecule has 1 unspecified atom stereocenters. The van der Waals surface area contributed by atoms with E-state index in [-0.39, 0.29) is 6.54 Å². The Balaban J connectivity index is 1.91. The highest BCUT2D eigenvalue weighted by Crippen LogP contribution is 2.33. The lowest BCUT2D eigenvalue weighted by molar-refractivity contribution is -0.187. The van der Waals surface area contributed by atoms with Crippen LogP contribution in [-0.4, -0.2) is 86.3 Å². The first-order chi connectivity index (χ1) is 11.9. The van der Waals surface area contributed by atoms with Gasteiger partial charge in [-0.2, -0.15) is 0 Å². The summed E-state index contributed by atoms with van der Waals surface area (Å²) in [6.07, 6.45) is -5.84. The van der Waals surface area contributed by atoms with Gasteiger partial charge >= 0.3 is 11.8 Å². The van der Waals surface area contributed by atoms with Gasteiger partial charge in [0.1, 0.15) is 30.2 Å². The zero-order valence-corrected chi connectivity index (χ0v) is 13.5. The van der Waals surface area contributed by atoms with Crippen LogP contribution in [0.4, 0.5) is 0 Å². The molecular weight excluding hydrogens is 332 g/mol. The lowest BCUT2D eigenvalue weighted by Gasteiger charge is -2.46. The van der Waals surface area contributed by atoms with E-state index in [4.69, 9.17) is 4.74 Å². The van der Waals surface area contributed by atoms with Crippen molar-refractivity contribution in [1.82, 2.24) is 9.80 Å². The van der Waals surface area contributed by atoms with E-state index in [2.05, 4.69) is 0 Å². The van der Waals surface area contributed by atoms with Gasteiger partial charge in [0, 0.05) is 6.54 Å². The fourth-order valence-electron chi connectivity index (χ4n) is 3.38. The van der Waals surface area contributed by atoms with Gasteiger partial charge in [-0.15, -0.1) is 0 Å². The van der Waals surface area contributed by atoms with Crippen LogP contribution in [0.2, 0.25) is 0 Å². The second kappa shape index (κ2) is 6.60. The zero-order chi connectivity index (χ0) is 18.3. The lowest BCUT2D eigenvalue weighted by atomic mass is 9.92. The molecule has 2 fully saturated rings. The first-order valence-corrected chi connectivity index (χ1v) is 7.82. The third-order valence-electron chi connectivity index (χ3n) is 4.74. The quantitative estimate of drug-likeness (QED) is 0.446. The number of hydrogen-bond acceptors (Lipinski definition) is 7. The van der Waals surface area contributed by atoms with E-state index in [1.807, 2.05) is 0 Å². The van der Waals surface area contributed by atoms with Gasteiger partial charge in [-0.1, -0.05) is 12.1 Å². The number of piperidine rings is 1. The fourth-order valence-corrected chi connectivity index (χ4v) is 3.38. The van der Waals surface area contributed by atoms with E-state index in [1.165, 1.54) is 7.11 Å². The number of aliphatic hydroxyl groups excluding tert-OH is 4. The molecule has 4 N–H and O–H groups in total. The van der Waals surface area contributed by atoms with Crippen molar-refractivity contribution in [2.45, 2.75) is 37.1 Å². The molecule has 0 aromatic heterocycles. The van der Waals surface area contributed by atoms with E-state index >= 15 is 0 Å². The number of aliphatic hydroxyl groups is 4. The summed E-state index contributed by atoms with van der Waals surface area (Å²) in [7, 11) is 1.52. The number of carbonyl (C=O) groups excluding carboxylic acids is 2. The minimum Gasteiger partial charge on any atom is -0.497 e. The van der Waals surface area contributed by atoms with Gasteiger partial charge in [0.15, 0.2) is 0 Å². The van der Waals surface area contributed by atoms with E-state index in [1.54, 1.807) is 24.3 Å². The van der Waals surface area contributed by atoms with Crippen molar-refractivity contribution in [1.29, 1.82) is 0 Å². The summed E-state index contributed by atoms with van der Waals surface area (Å²) >= 11 is 0. The SMILES string of the molecule is COc1ccc(CN2C(=O)C(=O)N3C2[C@@H](O)[C@@H](O)[C@H](O)[C@H]3CO)cc1. The summed E-state index contributed by atoms with van der Waals surface area (Å²) in [5.41, 5.74) is 0.692. The average Bonchev–Trinajstić information content (AvgIpc) is 2.86. The molecule has 136 valence electrons. The summed E-state index contributed by atoms with van der Waals surface area (Å²) in [6.45, 7) is -0.620. The van der Waals surface area contributed by atoms with Crippen LogP contribution in [0.3, 0.4) is 0 Å². The van der Waals surface area contributed by atoms with E-state index in [0.29, 0.717) is 11.3 Å². The molecule has 0 aliphatic carbocycles. The Kier molecular flexibility index (Phi) is 4.65. The number of hydrogen-bond donors (Lipinski definition) is 4. The molecule has 5 atom stereocenters. The van der Waals surface area contributed by atoms with Crippen molar-refractivity contribution in [3.05, 3.63) is 29.8 Å². The van der Waals surface area contributed by atoms with E-state index in [0.717, 1.165) is 9.80 Å². The van der Waals surface area contributed by atoms with E-state index < -0.39 is 48.9 Å². The van der Waals surface area contributed by atoms with Crippen LogP contribution < -0.4 is 4.74 Å². The Hall–Kier alpha value is -2.20. The molecule has 3 rings (SSSR count). The molecule has 2 aliphatic heterocycles. The van der Waals surface area contributed by atoms with Gasteiger partial charge in [0.2, 0.25) is 0 Å². The van der Waals surface area contributed by atoms with Gasteiger partial charge in [-0.05, 0) is 17.7 Å². The number of nitrogens with zero attached hydrogens (tertiary/aromatic N) is 2. The Bertz CT molecular complexity index is 665. The normalized spacial score (nSPS) is 32.1. The fraction of sp³-hybridized carbons (Fsp3) is 0.500. The Morgan fingerprint density at radius 2 is 1.64 bits per heavy atom. The van der Waals surface area contributed by atoms with Gasteiger partial charge in [-0.3, -0.25) is 9.59 Å². The van der Waals surface area contributed by atoms with Crippen LogP contribution >= 0.6 is 0 Å². The van der Waals surface area contributed by atoms with Crippen molar-refractivity contribution in [3.63, 3.8) is 0 Å². The molecule has 9 nitrogen and oxygen atoms in total. The van der Waals surface area contributed by atoms with Gasteiger partial charge in [-0.25, -0.2) is 0 Å². The molecule has 2 aliphatic rings. The van der Waals surface area contributed by atoms with Crippen LogP contribution in [0.5, 0.6) is 5.75 Å². The zero-order valence-electron chi connectivity index (χ0n) is 13.5. The van der Waals surface area contributed by atoms with Crippen LogP contribution in [-0.2, 0) is 16.1 Å². The summed E-state index contributed by atoms with van der Waals surface area (Å²) in [4.78, 5) is 26.8. The summed E-state index contributed by atoms with van der Waals surface area (Å²) in [6, 6.07) is 5.65. The molecule has 25 heavy (non-hydrogen) atoms.